The number of benzene rings is 1. The van der Waals surface area contributed by atoms with Crippen molar-refractivity contribution >= 4 is 6.08 Å². The highest BCUT2D eigenvalue weighted by atomic mass is 14.5. The van der Waals surface area contributed by atoms with E-state index in [9.17, 15) is 0 Å². The van der Waals surface area contributed by atoms with Crippen LogP contribution in [0, 0.1) is 0 Å². The van der Waals surface area contributed by atoms with E-state index in [2.05, 4.69) is 43.3 Å². The van der Waals surface area contributed by atoms with Crippen molar-refractivity contribution in [2.45, 2.75) is 39.2 Å². The highest BCUT2D eigenvalue weighted by molar-refractivity contribution is 5.49. The maximum absolute atomic E-state index is 5.54. The molecule has 0 aliphatic rings. The molecule has 0 amide bonds. The summed E-state index contributed by atoms with van der Waals surface area (Å²) in [5.74, 6) is 0. The molecule has 1 nitrogen and oxygen atoms in total. The van der Waals surface area contributed by atoms with E-state index in [0.29, 0.717) is 6.54 Å². The Morgan fingerprint density at radius 3 is 2.47 bits per heavy atom. The Labute approximate surface area is 93.0 Å². The van der Waals surface area contributed by atoms with Gasteiger partial charge >= 0.3 is 0 Å². The molecule has 0 bridgehead atoms. The van der Waals surface area contributed by atoms with Gasteiger partial charge in [-0.3, -0.25) is 0 Å². The molecule has 0 aliphatic heterocycles. The lowest BCUT2D eigenvalue weighted by molar-refractivity contribution is 0.730. The molecule has 0 fully saturated rings. The molecule has 0 spiro atoms. The normalized spacial score (nSPS) is 11.1. The van der Waals surface area contributed by atoms with Crippen molar-refractivity contribution in [3.63, 3.8) is 0 Å². The number of nitrogens with two attached hydrogens (primary N) is 1. The molecule has 1 heteroatoms. The molecule has 0 radical (unpaired) electrons. The highest BCUT2D eigenvalue weighted by Gasteiger charge is 1.89. The van der Waals surface area contributed by atoms with E-state index in [4.69, 9.17) is 5.73 Å². The summed E-state index contributed by atoms with van der Waals surface area (Å²) in [5, 5.41) is 0. The summed E-state index contributed by atoms with van der Waals surface area (Å²) in [7, 11) is 0. The van der Waals surface area contributed by atoms with Crippen molar-refractivity contribution in [2.75, 3.05) is 0 Å². The smallest absolute Gasteiger partial charge is 0.0178 e. The quantitative estimate of drug-likeness (QED) is 0.700. The minimum Gasteiger partial charge on any atom is -0.326 e. The van der Waals surface area contributed by atoms with Crippen LogP contribution < -0.4 is 5.73 Å². The van der Waals surface area contributed by atoms with Gasteiger partial charge in [0.1, 0.15) is 0 Å². The topological polar surface area (TPSA) is 26.0 Å². The van der Waals surface area contributed by atoms with Crippen LogP contribution in [0.4, 0.5) is 0 Å². The third kappa shape index (κ3) is 4.80. The Bertz CT molecular complexity index is 285. The van der Waals surface area contributed by atoms with Crippen molar-refractivity contribution < 1.29 is 0 Å². The molecular formula is C14H21N. The second kappa shape index (κ2) is 7.24. The Morgan fingerprint density at radius 2 is 1.87 bits per heavy atom. The zero-order valence-corrected chi connectivity index (χ0v) is 9.58. The monoisotopic (exact) mass is 203 g/mol. The largest absolute Gasteiger partial charge is 0.326 e. The third-order valence-electron chi connectivity index (χ3n) is 2.50. The van der Waals surface area contributed by atoms with Crippen LogP contribution in [-0.4, -0.2) is 0 Å². The number of hydrogen-bond donors (Lipinski definition) is 1. The van der Waals surface area contributed by atoms with Gasteiger partial charge in [0, 0.05) is 6.54 Å². The first-order valence-corrected chi connectivity index (χ1v) is 5.82. The number of rotatable bonds is 6. The lowest BCUT2D eigenvalue weighted by Gasteiger charge is -1.97. The predicted molar refractivity (Wildman–Crippen MR) is 67.5 cm³/mol. The van der Waals surface area contributed by atoms with Gasteiger partial charge in [0.25, 0.3) is 0 Å². The first-order chi connectivity index (χ1) is 7.36. The molecule has 0 unspecified atom stereocenters. The van der Waals surface area contributed by atoms with E-state index in [1.54, 1.807) is 0 Å². The second-order valence-electron chi connectivity index (χ2n) is 3.84. The van der Waals surface area contributed by atoms with Crippen LogP contribution in [0.25, 0.3) is 6.08 Å². The van der Waals surface area contributed by atoms with E-state index < -0.39 is 0 Å². The fourth-order valence-corrected chi connectivity index (χ4v) is 1.50. The Hall–Kier alpha value is -1.08. The molecule has 1 aromatic carbocycles. The molecule has 0 atom stereocenters. The Balaban J connectivity index is 2.36. The maximum atomic E-state index is 5.54. The van der Waals surface area contributed by atoms with Gasteiger partial charge in [-0.2, -0.15) is 0 Å². The Kier molecular flexibility index (Phi) is 5.79. The van der Waals surface area contributed by atoms with Crippen LogP contribution in [0.2, 0.25) is 0 Å². The zero-order chi connectivity index (χ0) is 10.9. The summed E-state index contributed by atoms with van der Waals surface area (Å²) in [6, 6.07) is 8.43. The van der Waals surface area contributed by atoms with E-state index in [1.165, 1.54) is 36.8 Å². The van der Waals surface area contributed by atoms with Crippen LogP contribution in [0.15, 0.2) is 30.3 Å². The van der Waals surface area contributed by atoms with Gasteiger partial charge in [-0.05, 0) is 24.0 Å². The average molecular weight is 203 g/mol. The van der Waals surface area contributed by atoms with Gasteiger partial charge in [0.05, 0.1) is 0 Å². The van der Waals surface area contributed by atoms with E-state index in [1.807, 2.05) is 0 Å². The van der Waals surface area contributed by atoms with Crippen molar-refractivity contribution in [1.29, 1.82) is 0 Å². The van der Waals surface area contributed by atoms with E-state index in [0.717, 1.165) is 0 Å². The number of unbranched alkanes of at least 4 members (excludes halogenated alkanes) is 3. The first-order valence-electron chi connectivity index (χ1n) is 5.82. The summed E-state index contributed by atoms with van der Waals surface area (Å²) >= 11 is 0. The number of hydrogen-bond acceptors (Lipinski definition) is 1. The average Bonchev–Trinajstić information content (AvgIpc) is 2.30. The molecule has 0 heterocycles. The third-order valence-corrected chi connectivity index (χ3v) is 2.50. The van der Waals surface area contributed by atoms with Crippen LogP contribution in [-0.2, 0) is 6.54 Å². The molecule has 0 aliphatic carbocycles. The summed E-state index contributed by atoms with van der Waals surface area (Å²) in [4.78, 5) is 0. The van der Waals surface area contributed by atoms with Gasteiger partial charge in [-0.15, -0.1) is 0 Å². The second-order valence-corrected chi connectivity index (χ2v) is 3.84. The minimum absolute atomic E-state index is 0.625. The molecule has 82 valence electrons. The van der Waals surface area contributed by atoms with Gasteiger partial charge in [-0.25, -0.2) is 0 Å². The van der Waals surface area contributed by atoms with Gasteiger partial charge in [0.2, 0.25) is 0 Å². The van der Waals surface area contributed by atoms with Crippen LogP contribution >= 0.6 is 0 Å². The maximum Gasteiger partial charge on any atom is 0.0178 e. The predicted octanol–water partition coefficient (Wildman–Crippen LogP) is 3.74. The van der Waals surface area contributed by atoms with Crippen LogP contribution in [0.5, 0.6) is 0 Å². The molecule has 1 aromatic rings. The molecule has 0 saturated heterocycles. The molecule has 15 heavy (non-hydrogen) atoms. The summed E-state index contributed by atoms with van der Waals surface area (Å²) in [6.45, 7) is 2.86. The van der Waals surface area contributed by atoms with Crippen molar-refractivity contribution in [3.05, 3.63) is 41.5 Å². The SMILES string of the molecule is CCCCC/C=C/c1ccc(CN)cc1. The molecule has 2 N–H and O–H groups in total. The molecule has 0 saturated carbocycles. The summed E-state index contributed by atoms with van der Waals surface area (Å²) < 4.78 is 0. The lowest BCUT2D eigenvalue weighted by Crippen LogP contribution is -1.94. The summed E-state index contributed by atoms with van der Waals surface area (Å²) in [6.07, 6.45) is 9.55. The summed E-state index contributed by atoms with van der Waals surface area (Å²) in [5.41, 5.74) is 8.00. The van der Waals surface area contributed by atoms with Gasteiger partial charge < -0.3 is 5.73 Å². The van der Waals surface area contributed by atoms with Crippen LogP contribution in [0.1, 0.15) is 43.7 Å². The zero-order valence-electron chi connectivity index (χ0n) is 9.58. The van der Waals surface area contributed by atoms with Crippen molar-refractivity contribution in [1.82, 2.24) is 0 Å². The van der Waals surface area contributed by atoms with E-state index in [-0.39, 0.29) is 0 Å². The first kappa shape index (κ1) is 12.0. The molecule has 0 aromatic heterocycles. The lowest BCUT2D eigenvalue weighted by atomic mass is 10.1. The minimum atomic E-state index is 0.625. The van der Waals surface area contributed by atoms with Crippen molar-refractivity contribution in [3.8, 4) is 0 Å². The highest BCUT2D eigenvalue weighted by Crippen LogP contribution is 2.07. The number of allylic oxidation sites excluding steroid dienone is 1. The standard InChI is InChI=1S/C14H21N/c1-2-3-4-5-6-7-13-8-10-14(12-15)11-9-13/h6-11H,2-5,12,15H2,1H3/b7-6+. The van der Waals surface area contributed by atoms with E-state index >= 15 is 0 Å². The Morgan fingerprint density at radius 1 is 1.13 bits per heavy atom. The molecular weight excluding hydrogens is 182 g/mol. The van der Waals surface area contributed by atoms with Gasteiger partial charge in [0.15, 0.2) is 0 Å². The van der Waals surface area contributed by atoms with Crippen molar-refractivity contribution in [2.24, 2.45) is 5.73 Å². The fourth-order valence-electron chi connectivity index (χ4n) is 1.50. The fraction of sp³-hybridized carbons (Fsp3) is 0.429. The van der Waals surface area contributed by atoms with Crippen LogP contribution in [0.3, 0.4) is 0 Å². The molecule has 1 rings (SSSR count). The van der Waals surface area contributed by atoms with Gasteiger partial charge in [-0.1, -0.05) is 56.2 Å².